The van der Waals surface area contributed by atoms with E-state index in [2.05, 4.69) is 11.8 Å². The summed E-state index contributed by atoms with van der Waals surface area (Å²) in [5.74, 6) is 1.04. The van der Waals surface area contributed by atoms with Crippen LogP contribution < -0.4 is 0 Å². The van der Waals surface area contributed by atoms with Crippen molar-refractivity contribution in [3.8, 4) is 0 Å². The third-order valence-corrected chi connectivity index (χ3v) is 3.69. The highest BCUT2D eigenvalue weighted by atomic mass is 16.1. The van der Waals surface area contributed by atoms with Crippen LogP contribution in [-0.2, 0) is 0 Å². The molecule has 17 heavy (non-hydrogen) atoms. The smallest absolute Gasteiger partial charge is 0.176 e. The molecule has 0 aliphatic carbocycles. The van der Waals surface area contributed by atoms with E-state index in [1.54, 1.807) is 0 Å². The molecule has 1 unspecified atom stereocenters. The molecule has 0 radical (unpaired) electrons. The van der Waals surface area contributed by atoms with Crippen molar-refractivity contribution in [1.82, 2.24) is 4.90 Å². The van der Waals surface area contributed by atoms with Crippen LogP contribution >= 0.6 is 0 Å². The van der Waals surface area contributed by atoms with Gasteiger partial charge in [0.05, 0.1) is 6.54 Å². The Kier molecular flexibility index (Phi) is 3.95. The van der Waals surface area contributed by atoms with Gasteiger partial charge in [-0.3, -0.25) is 9.69 Å². The van der Waals surface area contributed by atoms with Gasteiger partial charge in [-0.1, -0.05) is 43.2 Å². The lowest BCUT2D eigenvalue weighted by Crippen LogP contribution is -2.27. The molecule has 1 fully saturated rings. The maximum absolute atomic E-state index is 12.1. The van der Waals surface area contributed by atoms with E-state index >= 15 is 0 Å². The van der Waals surface area contributed by atoms with Crippen molar-refractivity contribution in [2.75, 3.05) is 19.6 Å². The largest absolute Gasteiger partial charge is 0.296 e. The zero-order valence-corrected chi connectivity index (χ0v) is 10.8. The molecule has 92 valence electrons. The molecule has 1 aliphatic rings. The number of hydrogen-bond acceptors (Lipinski definition) is 2. The molecule has 2 nitrogen and oxygen atoms in total. The lowest BCUT2D eigenvalue weighted by atomic mass is 10.1. The maximum Gasteiger partial charge on any atom is 0.176 e. The van der Waals surface area contributed by atoms with Gasteiger partial charge in [-0.15, -0.1) is 0 Å². The molecule has 0 bridgehead atoms. The molecule has 1 aromatic rings. The molecular formula is C15H21NO. The zero-order chi connectivity index (χ0) is 12.3. The van der Waals surface area contributed by atoms with Gasteiger partial charge in [-0.2, -0.15) is 0 Å². The number of nitrogens with zero attached hydrogens (tertiary/aromatic N) is 1. The van der Waals surface area contributed by atoms with Crippen LogP contribution in [0.5, 0.6) is 0 Å². The number of aryl methyl sites for hydroxylation is 1. The van der Waals surface area contributed by atoms with Crippen LogP contribution in [0.1, 0.15) is 35.7 Å². The van der Waals surface area contributed by atoms with Crippen LogP contribution in [0.3, 0.4) is 0 Å². The van der Waals surface area contributed by atoms with Crippen LogP contribution in [0, 0.1) is 12.8 Å². The Hall–Kier alpha value is -1.15. The number of carbonyl (C=O) groups excluding carboxylic acids is 1. The topological polar surface area (TPSA) is 20.3 Å². The second kappa shape index (κ2) is 5.46. The molecule has 1 aromatic carbocycles. The van der Waals surface area contributed by atoms with Crippen molar-refractivity contribution >= 4 is 5.78 Å². The average Bonchev–Trinajstić information content (AvgIpc) is 2.77. The summed E-state index contributed by atoms with van der Waals surface area (Å²) >= 11 is 0. The van der Waals surface area contributed by atoms with E-state index in [-0.39, 0.29) is 5.78 Å². The predicted molar refractivity (Wildman–Crippen MR) is 70.3 cm³/mol. The normalized spacial score (nSPS) is 20.7. The highest BCUT2D eigenvalue weighted by molar-refractivity contribution is 5.97. The number of rotatable bonds is 4. The van der Waals surface area contributed by atoms with E-state index < -0.39 is 0 Å². The third-order valence-electron chi connectivity index (χ3n) is 3.69. The Labute approximate surface area is 104 Å². The van der Waals surface area contributed by atoms with Gasteiger partial charge in [-0.25, -0.2) is 0 Å². The summed E-state index contributed by atoms with van der Waals surface area (Å²) in [6.45, 7) is 7.03. The van der Waals surface area contributed by atoms with Crippen LogP contribution in [0.25, 0.3) is 0 Å². The van der Waals surface area contributed by atoms with Crippen LogP contribution in [-0.4, -0.2) is 30.3 Å². The minimum absolute atomic E-state index is 0.252. The monoisotopic (exact) mass is 231 g/mol. The number of carbonyl (C=O) groups is 1. The summed E-state index contributed by atoms with van der Waals surface area (Å²) in [6, 6.07) is 7.88. The van der Waals surface area contributed by atoms with Crippen molar-refractivity contribution in [1.29, 1.82) is 0 Å². The van der Waals surface area contributed by atoms with Gasteiger partial charge >= 0.3 is 0 Å². The summed E-state index contributed by atoms with van der Waals surface area (Å²) < 4.78 is 0. The third kappa shape index (κ3) is 3.16. The Bertz CT molecular complexity index is 382. The quantitative estimate of drug-likeness (QED) is 0.743. The van der Waals surface area contributed by atoms with Gasteiger partial charge < -0.3 is 0 Å². The van der Waals surface area contributed by atoms with Crippen LogP contribution in [0.2, 0.25) is 0 Å². The van der Waals surface area contributed by atoms with Crippen LogP contribution in [0.15, 0.2) is 24.3 Å². The fraction of sp³-hybridized carbons (Fsp3) is 0.533. The molecule has 0 N–H and O–H groups in total. The van der Waals surface area contributed by atoms with Crippen LogP contribution in [0.4, 0.5) is 0 Å². The number of hydrogen-bond donors (Lipinski definition) is 0. The van der Waals surface area contributed by atoms with E-state index in [0.717, 1.165) is 24.6 Å². The second-order valence-electron chi connectivity index (χ2n) is 5.09. The maximum atomic E-state index is 12.1. The van der Waals surface area contributed by atoms with E-state index in [4.69, 9.17) is 0 Å². The van der Waals surface area contributed by atoms with Crippen molar-refractivity contribution in [3.05, 3.63) is 35.4 Å². The molecule has 0 amide bonds. The summed E-state index contributed by atoms with van der Waals surface area (Å²) in [4.78, 5) is 14.4. The number of ketones is 1. The van der Waals surface area contributed by atoms with Gasteiger partial charge in [0, 0.05) is 12.1 Å². The summed E-state index contributed by atoms with van der Waals surface area (Å²) in [6.07, 6.45) is 2.48. The van der Waals surface area contributed by atoms with E-state index in [0.29, 0.717) is 6.54 Å². The lowest BCUT2D eigenvalue weighted by molar-refractivity contribution is 0.0943. The average molecular weight is 231 g/mol. The minimum atomic E-state index is 0.252. The van der Waals surface area contributed by atoms with Crippen molar-refractivity contribution in [2.45, 2.75) is 26.7 Å². The van der Waals surface area contributed by atoms with Crippen molar-refractivity contribution in [2.24, 2.45) is 5.92 Å². The van der Waals surface area contributed by atoms with E-state index in [1.807, 2.05) is 31.2 Å². The van der Waals surface area contributed by atoms with Gasteiger partial charge in [0.1, 0.15) is 0 Å². The fourth-order valence-corrected chi connectivity index (χ4v) is 2.42. The zero-order valence-electron chi connectivity index (χ0n) is 10.8. The Morgan fingerprint density at radius 2 is 2.06 bits per heavy atom. The molecule has 1 aliphatic heterocycles. The molecule has 0 saturated carbocycles. The van der Waals surface area contributed by atoms with Gasteiger partial charge in [0.2, 0.25) is 0 Å². The van der Waals surface area contributed by atoms with Gasteiger partial charge in [-0.05, 0) is 25.8 Å². The van der Waals surface area contributed by atoms with E-state index in [9.17, 15) is 4.79 Å². The first kappa shape index (κ1) is 12.3. The Balaban J connectivity index is 1.91. The molecule has 1 heterocycles. The van der Waals surface area contributed by atoms with Crippen molar-refractivity contribution in [3.63, 3.8) is 0 Å². The SMILES string of the molecule is CCC1CCN(CC(=O)c2ccc(C)cc2)C1. The number of Topliss-reactive ketones (excluding diaryl/α,β-unsaturated/α-hetero) is 1. The first-order valence-electron chi connectivity index (χ1n) is 6.51. The van der Waals surface area contributed by atoms with Crippen molar-refractivity contribution < 1.29 is 4.79 Å². The number of benzene rings is 1. The Morgan fingerprint density at radius 3 is 2.65 bits per heavy atom. The predicted octanol–water partition coefficient (Wildman–Crippen LogP) is 2.91. The second-order valence-corrected chi connectivity index (χ2v) is 5.09. The highest BCUT2D eigenvalue weighted by Gasteiger charge is 2.22. The fourth-order valence-electron chi connectivity index (χ4n) is 2.42. The van der Waals surface area contributed by atoms with E-state index in [1.165, 1.54) is 18.4 Å². The summed E-state index contributed by atoms with van der Waals surface area (Å²) in [7, 11) is 0. The molecule has 1 saturated heterocycles. The molecule has 2 heteroatoms. The molecule has 0 aromatic heterocycles. The Morgan fingerprint density at radius 1 is 1.35 bits per heavy atom. The lowest BCUT2D eigenvalue weighted by Gasteiger charge is -2.14. The minimum Gasteiger partial charge on any atom is -0.296 e. The molecule has 1 atom stereocenters. The standard InChI is InChI=1S/C15H21NO/c1-3-13-8-9-16(10-13)11-15(17)14-6-4-12(2)5-7-14/h4-7,13H,3,8-11H2,1-2H3. The summed E-state index contributed by atoms with van der Waals surface area (Å²) in [5.41, 5.74) is 2.05. The molecular weight excluding hydrogens is 210 g/mol. The van der Waals surface area contributed by atoms with Gasteiger partial charge in [0.25, 0.3) is 0 Å². The number of likely N-dealkylation sites (tertiary alicyclic amines) is 1. The molecule has 2 rings (SSSR count). The van der Waals surface area contributed by atoms with Gasteiger partial charge in [0.15, 0.2) is 5.78 Å². The molecule has 0 spiro atoms. The summed E-state index contributed by atoms with van der Waals surface area (Å²) in [5, 5.41) is 0. The highest BCUT2D eigenvalue weighted by Crippen LogP contribution is 2.19. The first-order chi connectivity index (χ1) is 8.19. The first-order valence-corrected chi connectivity index (χ1v) is 6.51.